The Bertz CT molecular complexity index is 775. The van der Waals surface area contributed by atoms with Crippen molar-refractivity contribution in [2.24, 2.45) is 0 Å². The molecule has 2 nitrogen and oxygen atoms in total. The lowest BCUT2D eigenvalue weighted by atomic mass is 9.99. The molecule has 0 amide bonds. The highest BCUT2D eigenvalue weighted by atomic mass is 79.9. The largest absolute Gasteiger partial charge is 0.384 e. The summed E-state index contributed by atoms with van der Waals surface area (Å²) in [6.07, 6.45) is 0.771. The Morgan fingerprint density at radius 3 is 2.75 bits per heavy atom. The van der Waals surface area contributed by atoms with Gasteiger partial charge in [-0.15, -0.1) is 0 Å². The maximum atomic E-state index is 13.3. The Morgan fingerprint density at radius 1 is 1.10 bits per heavy atom. The van der Waals surface area contributed by atoms with Gasteiger partial charge in [0.15, 0.2) is 0 Å². The van der Waals surface area contributed by atoms with Crippen molar-refractivity contribution in [2.45, 2.75) is 6.10 Å². The Hall–Kier alpha value is -1.78. The molecule has 0 aliphatic heterocycles. The van der Waals surface area contributed by atoms with Gasteiger partial charge in [-0.3, -0.25) is 4.98 Å². The van der Waals surface area contributed by atoms with Crippen molar-refractivity contribution < 1.29 is 9.50 Å². The summed E-state index contributed by atoms with van der Waals surface area (Å²) in [5.74, 6) is -0.365. The molecule has 2 aromatic carbocycles. The van der Waals surface area contributed by atoms with E-state index in [2.05, 4.69) is 20.9 Å². The molecule has 0 aliphatic rings. The molecule has 0 saturated heterocycles. The van der Waals surface area contributed by atoms with Crippen LogP contribution in [-0.2, 0) is 0 Å². The molecule has 1 heterocycles. The quantitative estimate of drug-likeness (QED) is 0.762. The number of nitrogens with zero attached hydrogens (tertiary/aromatic N) is 1. The second kappa shape index (κ2) is 5.31. The first kappa shape index (κ1) is 13.2. The van der Waals surface area contributed by atoms with Crippen LogP contribution in [0.25, 0.3) is 10.9 Å². The number of fused-ring (bicyclic) bond motifs is 1. The normalized spacial score (nSPS) is 12.6. The lowest BCUT2D eigenvalue weighted by Gasteiger charge is -2.14. The number of hydrogen-bond acceptors (Lipinski definition) is 2. The van der Waals surface area contributed by atoms with Crippen molar-refractivity contribution >= 4 is 26.8 Å². The topological polar surface area (TPSA) is 33.1 Å². The summed E-state index contributed by atoms with van der Waals surface area (Å²) in [5.41, 5.74) is 1.88. The molecule has 4 heteroatoms. The van der Waals surface area contributed by atoms with E-state index in [4.69, 9.17) is 0 Å². The van der Waals surface area contributed by atoms with E-state index < -0.39 is 6.10 Å². The standard InChI is InChI=1S/C16H11BrFNO/c17-14-7-6-13(15-12(14)5-2-8-19-15)16(20)10-3-1-4-11(18)9-10/h1-9,16,20H. The van der Waals surface area contributed by atoms with E-state index in [1.165, 1.54) is 12.1 Å². The van der Waals surface area contributed by atoms with Gasteiger partial charge in [0, 0.05) is 21.6 Å². The van der Waals surface area contributed by atoms with E-state index in [-0.39, 0.29) is 5.82 Å². The summed E-state index contributed by atoms with van der Waals surface area (Å²) in [7, 11) is 0. The third-order valence-electron chi connectivity index (χ3n) is 3.21. The number of rotatable bonds is 2. The van der Waals surface area contributed by atoms with Gasteiger partial charge in [-0.2, -0.15) is 0 Å². The molecule has 20 heavy (non-hydrogen) atoms. The molecular weight excluding hydrogens is 321 g/mol. The maximum Gasteiger partial charge on any atom is 0.123 e. The zero-order valence-corrected chi connectivity index (χ0v) is 12.0. The Morgan fingerprint density at radius 2 is 1.95 bits per heavy atom. The van der Waals surface area contributed by atoms with Crippen LogP contribution in [0, 0.1) is 5.82 Å². The van der Waals surface area contributed by atoms with Crippen molar-refractivity contribution in [1.82, 2.24) is 4.98 Å². The molecule has 1 aromatic heterocycles. The molecule has 0 spiro atoms. The summed E-state index contributed by atoms with van der Waals surface area (Å²) in [4.78, 5) is 4.33. The highest BCUT2D eigenvalue weighted by Gasteiger charge is 2.16. The highest BCUT2D eigenvalue weighted by molar-refractivity contribution is 9.10. The van der Waals surface area contributed by atoms with Gasteiger partial charge >= 0.3 is 0 Å². The number of pyridine rings is 1. The molecule has 0 aliphatic carbocycles. The van der Waals surface area contributed by atoms with Gasteiger partial charge in [-0.05, 0) is 29.8 Å². The fourth-order valence-electron chi connectivity index (χ4n) is 2.24. The van der Waals surface area contributed by atoms with Crippen molar-refractivity contribution in [1.29, 1.82) is 0 Å². The van der Waals surface area contributed by atoms with E-state index in [1.54, 1.807) is 24.4 Å². The van der Waals surface area contributed by atoms with Crippen LogP contribution in [0.2, 0.25) is 0 Å². The minimum atomic E-state index is -0.906. The van der Waals surface area contributed by atoms with E-state index >= 15 is 0 Å². The first-order valence-electron chi connectivity index (χ1n) is 6.13. The van der Waals surface area contributed by atoms with E-state index in [1.807, 2.05) is 18.2 Å². The third-order valence-corrected chi connectivity index (χ3v) is 3.90. The molecular formula is C16H11BrFNO. The SMILES string of the molecule is OC(c1cccc(F)c1)c1ccc(Br)c2cccnc12. The fourth-order valence-corrected chi connectivity index (χ4v) is 2.69. The summed E-state index contributed by atoms with van der Waals surface area (Å²) >= 11 is 3.47. The first-order chi connectivity index (χ1) is 9.66. The Kier molecular flexibility index (Phi) is 3.51. The zero-order chi connectivity index (χ0) is 14.1. The Labute approximate surface area is 124 Å². The Balaban J connectivity index is 2.17. The molecule has 0 fully saturated rings. The van der Waals surface area contributed by atoms with Gasteiger partial charge in [0.05, 0.1) is 5.52 Å². The van der Waals surface area contributed by atoms with Crippen LogP contribution in [-0.4, -0.2) is 10.1 Å². The molecule has 3 rings (SSSR count). The predicted molar refractivity (Wildman–Crippen MR) is 79.9 cm³/mol. The molecule has 0 saturated carbocycles. The van der Waals surface area contributed by atoms with Gasteiger partial charge in [-0.1, -0.05) is 40.2 Å². The number of hydrogen-bond donors (Lipinski definition) is 1. The highest BCUT2D eigenvalue weighted by Crippen LogP contribution is 2.31. The number of benzene rings is 2. The predicted octanol–water partition coefficient (Wildman–Crippen LogP) is 4.22. The summed E-state index contributed by atoms with van der Waals surface area (Å²) < 4.78 is 14.2. The summed E-state index contributed by atoms with van der Waals surface area (Å²) in [5, 5.41) is 11.4. The van der Waals surface area contributed by atoms with Gasteiger partial charge in [0.2, 0.25) is 0 Å². The minimum absolute atomic E-state index is 0.365. The van der Waals surface area contributed by atoms with Crippen LogP contribution in [0.1, 0.15) is 17.2 Å². The number of aromatic nitrogens is 1. The van der Waals surface area contributed by atoms with Crippen molar-refractivity contribution in [3.05, 3.63) is 76.1 Å². The van der Waals surface area contributed by atoms with E-state index in [9.17, 15) is 9.50 Å². The molecule has 0 bridgehead atoms. The first-order valence-corrected chi connectivity index (χ1v) is 6.93. The number of aliphatic hydroxyl groups is 1. The van der Waals surface area contributed by atoms with Crippen LogP contribution >= 0.6 is 15.9 Å². The van der Waals surface area contributed by atoms with E-state index in [0.717, 1.165) is 9.86 Å². The molecule has 1 unspecified atom stereocenters. The number of halogens is 2. The molecule has 1 N–H and O–H groups in total. The monoisotopic (exact) mass is 331 g/mol. The van der Waals surface area contributed by atoms with Gasteiger partial charge in [-0.25, -0.2) is 4.39 Å². The number of aliphatic hydroxyl groups excluding tert-OH is 1. The third kappa shape index (κ3) is 2.32. The maximum absolute atomic E-state index is 13.3. The van der Waals surface area contributed by atoms with Crippen LogP contribution in [0.5, 0.6) is 0 Å². The zero-order valence-electron chi connectivity index (χ0n) is 10.4. The van der Waals surface area contributed by atoms with Crippen molar-refractivity contribution in [3.8, 4) is 0 Å². The molecule has 1 atom stereocenters. The summed E-state index contributed by atoms with van der Waals surface area (Å²) in [6.45, 7) is 0. The van der Waals surface area contributed by atoms with Crippen LogP contribution < -0.4 is 0 Å². The van der Waals surface area contributed by atoms with Gasteiger partial charge < -0.3 is 5.11 Å². The van der Waals surface area contributed by atoms with Gasteiger partial charge in [0.1, 0.15) is 11.9 Å². The molecule has 100 valence electrons. The molecule has 0 radical (unpaired) electrons. The second-order valence-corrected chi connectivity index (χ2v) is 5.35. The van der Waals surface area contributed by atoms with Crippen LogP contribution in [0.15, 0.2) is 59.2 Å². The van der Waals surface area contributed by atoms with Crippen LogP contribution in [0.4, 0.5) is 4.39 Å². The smallest absolute Gasteiger partial charge is 0.123 e. The van der Waals surface area contributed by atoms with E-state index in [0.29, 0.717) is 16.6 Å². The molecule has 3 aromatic rings. The van der Waals surface area contributed by atoms with Gasteiger partial charge in [0.25, 0.3) is 0 Å². The average molecular weight is 332 g/mol. The van der Waals surface area contributed by atoms with Crippen molar-refractivity contribution in [3.63, 3.8) is 0 Å². The minimum Gasteiger partial charge on any atom is -0.384 e. The summed E-state index contributed by atoms with van der Waals surface area (Å²) in [6, 6.07) is 13.4. The lowest BCUT2D eigenvalue weighted by Crippen LogP contribution is -2.02. The van der Waals surface area contributed by atoms with Crippen molar-refractivity contribution in [2.75, 3.05) is 0 Å². The lowest BCUT2D eigenvalue weighted by molar-refractivity contribution is 0.221. The fraction of sp³-hybridized carbons (Fsp3) is 0.0625. The average Bonchev–Trinajstić information content (AvgIpc) is 2.47. The second-order valence-electron chi connectivity index (χ2n) is 4.49. The van der Waals surface area contributed by atoms with Crippen LogP contribution in [0.3, 0.4) is 0 Å².